The van der Waals surface area contributed by atoms with Crippen molar-refractivity contribution >= 4 is 5.71 Å². The van der Waals surface area contributed by atoms with Crippen LogP contribution >= 0.6 is 0 Å². The van der Waals surface area contributed by atoms with E-state index in [9.17, 15) is 0 Å². The average Bonchev–Trinajstić information content (AvgIpc) is 2.68. The van der Waals surface area contributed by atoms with Gasteiger partial charge in [-0.15, -0.1) is 0 Å². The summed E-state index contributed by atoms with van der Waals surface area (Å²) in [5.41, 5.74) is 6.71. The molecule has 0 aliphatic heterocycles. The maximum atomic E-state index is 8.76. The van der Waals surface area contributed by atoms with Crippen LogP contribution in [0.3, 0.4) is 0 Å². The summed E-state index contributed by atoms with van der Waals surface area (Å²) in [5, 5.41) is 16.1. The first-order valence-electron chi connectivity index (χ1n) is 3.82. The molecule has 1 aliphatic carbocycles. The summed E-state index contributed by atoms with van der Waals surface area (Å²) in [4.78, 5) is 0. The SMILES string of the molecule is CC(=N)/C(=C\O)[C@@H](N)C1CC1. The van der Waals surface area contributed by atoms with Crippen molar-refractivity contribution < 1.29 is 5.11 Å². The third-order valence-electron chi connectivity index (χ3n) is 2.06. The standard InChI is InChI=1S/C8H14N2O/c1-5(9)7(4-11)8(10)6-2-3-6/h4,6,8-9,11H,2-3,10H2,1H3/b7-4+,9-5?/t8-/m0/s1. The lowest BCUT2D eigenvalue weighted by molar-refractivity contribution is 0.462. The number of hydrogen-bond acceptors (Lipinski definition) is 3. The molecule has 0 saturated heterocycles. The van der Waals surface area contributed by atoms with Crippen LogP contribution in [0.1, 0.15) is 19.8 Å². The van der Waals surface area contributed by atoms with Gasteiger partial charge in [-0.3, -0.25) is 0 Å². The summed E-state index contributed by atoms with van der Waals surface area (Å²) in [6.07, 6.45) is 3.23. The highest BCUT2D eigenvalue weighted by molar-refractivity contribution is 5.96. The van der Waals surface area contributed by atoms with Crippen molar-refractivity contribution in [3.8, 4) is 0 Å². The van der Waals surface area contributed by atoms with Gasteiger partial charge < -0.3 is 16.2 Å². The Morgan fingerprint density at radius 1 is 1.73 bits per heavy atom. The van der Waals surface area contributed by atoms with Gasteiger partial charge in [-0.25, -0.2) is 0 Å². The van der Waals surface area contributed by atoms with Crippen LogP contribution in [0.15, 0.2) is 11.8 Å². The second-order valence-electron chi connectivity index (χ2n) is 3.07. The highest BCUT2D eigenvalue weighted by Gasteiger charge is 2.31. The zero-order valence-corrected chi connectivity index (χ0v) is 6.67. The van der Waals surface area contributed by atoms with Crippen molar-refractivity contribution in [3.05, 3.63) is 11.8 Å². The molecule has 0 spiro atoms. The van der Waals surface area contributed by atoms with Crippen LogP contribution < -0.4 is 5.73 Å². The molecule has 4 N–H and O–H groups in total. The van der Waals surface area contributed by atoms with Crippen LogP contribution in [-0.4, -0.2) is 16.9 Å². The van der Waals surface area contributed by atoms with Gasteiger partial charge in [-0.05, 0) is 25.7 Å². The summed E-state index contributed by atoms with van der Waals surface area (Å²) in [6, 6.07) is -0.127. The Balaban J connectivity index is 2.61. The van der Waals surface area contributed by atoms with Crippen molar-refractivity contribution in [2.24, 2.45) is 11.7 Å². The van der Waals surface area contributed by atoms with Gasteiger partial charge in [0.05, 0.1) is 6.26 Å². The molecule has 62 valence electrons. The molecule has 1 fully saturated rings. The fraction of sp³-hybridized carbons (Fsp3) is 0.625. The normalized spacial score (nSPS) is 21.5. The lowest BCUT2D eigenvalue weighted by Gasteiger charge is -2.12. The molecule has 1 saturated carbocycles. The van der Waals surface area contributed by atoms with Gasteiger partial charge in [-0.1, -0.05) is 0 Å². The van der Waals surface area contributed by atoms with Gasteiger partial charge in [0.15, 0.2) is 0 Å². The van der Waals surface area contributed by atoms with Gasteiger partial charge in [-0.2, -0.15) is 0 Å². The van der Waals surface area contributed by atoms with E-state index in [1.807, 2.05) is 0 Å². The zero-order valence-electron chi connectivity index (χ0n) is 6.67. The molecule has 1 rings (SSSR count). The summed E-state index contributed by atoms with van der Waals surface area (Å²) in [6.45, 7) is 1.64. The van der Waals surface area contributed by atoms with Crippen molar-refractivity contribution in [1.82, 2.24) is 0 Å². The molecule has 0 aromatic heterocycles. The van der Waals surface area contributed by atoms with E-state index < -0.39 is 0 Å². The van der Waals surface area contributed by atoms with E-state index in [0.717, 1.165) is 19.1 Å². The van der Waals surface area contributed by atoms with E-state index in [4.69, 9.17) is 16.2 Å². The van der Waals surface area contributed by atoms with Gasteiger partial charge >= 0.3 is 0 Å². The third-order valence-corrected chi connectivity index (χ3v) is 2.06. The molecule has 11 heavy (non-hydrogen) atoms. The van der Waals surface area contributed by atoms with Gasteiger partial charge in [0.25, 0.3) is 0 Å². The summed E-state index contributed by atoms with van der Waals surface area (Å²) < 4.78 is 0. The number of rotatable bonds is 3. The Morgan fingerprint density at radius 2 is 2.27 bits per heavy atom. The van der Waals surface area contributed by atoms with Crippen LogP contribution in [0.25, 0.3) is 0 Å². The number of aliphatic hydroxyl groups excluding tert-OH is 1. The second kappa shape index (κ2) is 3.05. The lowest BCUT2D eigenvalue weighted by Crippen LogP contribution is -2.28. The number of hydrogen-bond donors (Lipinski definition) is 3. The minimum atomic E-state index is -0.127. The lowest BCUT2D eigenvalue weighted by atomic mass is 10.0. The molecular weight excluding hydrogens is 140 g/mol. The van der Waals surface area contributed by atoms with Crippen LogP contribution in [0.5, 0.6) is 0 Å². The molecule has 0 heterocycles. The largest absolute Gasteiger partial charge is 0.515 e. The number of nitrogens with two attached hydrogens (primary N) is 1. The fourth-order valence-corrected chi connectivity index (χ4v) is 1.14. The maximum Gasteiger partial charge on any atom is 0.0857 e. The monoisotopic (exact) mass is 154 g/mol. The molecule has 3 nitrogen and oxygen atoms in total. The van der Waals surface area contributed by atoms with Gasteiger partial charge in [0.2, 0.25) is 0 Å². The Labute approximate surface area is 66.4 Å². The molecule has 0 radical (unpaired) electrons. The molecule has 0 unspecified atom stereocenters. The van der Waals surface area contributed by atoms with Gasteiger partial charge in [0.1, 0.15) is 0 Å². The Hall–Kier alpha value is -0.830. The first kappa shape index (κ1) is 8.27. The number of aliphatic hydroxyl groups is 1. The first-order chi connectivity index (χ1) is 5.16. The van der Waals surface area contributed by atoms with Crippen molar-refractivity contribution in [2.75, 3.05) is 0 Å². The van der Waals surface area contributed by atoms with Crippen LogP contribution in [0.4, 0.5) is 0 Å². The minimum absolute atomic E-state index is 0.127. The van der Waals surface area contributed by atoms with Crippen molar-refractivity contribution in [1.29, 1.82) is 5.41 Å². The van der Waals surface area contributed by atoms with Gasteiger partial charge in [0, 0.05) is 17.3 Å². The van der Waals surface area contributed by atoms with E-state index >= 15 is 0 Å². The molecule has 0 bridgehead atoms. The van der Waals surface area contributed by atoms with E-state index in [0.29, 0.717) is 17.2 Å². The van der Waals surface area contributed by atoms with Crippen LogP contribution in [-0.2, 0) is 0 Å². The van der Waals surface area contributed by atoms with Crippen LogP contribution in [0.2, 0.25) is 0 Å². The predicted molar refractivity (Wildman–Crippen MR) is 44.8 cm³/mol. The maximum absolute atomic E-state index is 8.76. The molecule has 0 amide bonds. The van der Waals surface area contributed by atoms with E-state index in [1.165, 1.54) is 0 Å². The van der Waals surface area contributed by atoms with E-state index in [2.05, 4.69) is 0 Å². The fourth-order valence-electron chi connectivity index (χ4n) is 1.14. The average molecular weight is 154 g/mol. The zero-order chi connectivity index (χ0) is 8.43. The third kappa shape index (κ3) is 1.80. The molecule has 3 heteroatoms. The Kier molecular flexibility index (Phi) is 2.29. The van der Waals surface area contributed by atoms with Crippen LogP contribution in [0, 0.1) is 11.3 Å². The highest BCUT2D eigenvalue weighted by Crippen LogP contribution is 2.34. The second-order valence-corrected chi connectivity index (χ2v) is 3.07. The smallest absolute Gasteiger partial charge is 0.0857 e. The molecule has 0 aromatic carbocycles. The quantitative estimate of drug-likeness (QED) is 0.422. The summed E-state index contributed by atoms with van der Waals surface area (Å²) in [5.74, 6) is 0.494. The summed E-state index contributed by atoms with van der Waals surface area (Å²) >= 11 is 0. The minimum Gasteiger partial charge on any atom is -0.515 e. The highest BCUT2D eigenvalue weighted by atomic mass is 16.2. The molecule has 1 aliphatic rings. The summed E-state index contributed by atoms with van der Waals surface area (Å²) in [7, 11) is 0. The Bertz CT molecular complexity index is 194. The van der Waals surface area contributed by atoms with E-state index in [1.54, 1.807) is 6.92 Å². The van der Waals surface area contributed by atoms with Crippen molar-refractivity contribution in [2.45, 2.75) is 25.8 Å². The Morgan fingerprint density at radius 3 is 2.55 bits per heavy atom. The first-order valence-corrected chi connectivity index (χ1v) is 3.82. The van der Waals surface area contributed by atoms with Crippen molar-refractivity contribution in [3.63, 3.8) is 0 Å². The molecule has 0 aromatic rings. The molecular formula is C8H14N2O. The number of nitrogens with one attached hydrogen (secondary N) is 1. The predicted octanol–water partition coefficient (Wildman–Crippen LogP) is 1.21. The molecule has 1 atom stereocenters. The topological polar surface area (TPSA) is 70.1 Å². The van der Waals surface area contributed by atoms with E-state index in [-0.39, 0.29) is 6.04 Å².